The molecule has 1 heterocycles. The Morgan fingerprint density at radius 3 is 2.67 bits per heavy atom. The first-order valence-corrected chi connectivity index (χ1v) is 6.82. The van der Waals surface area contributed by atoms with Gasteiger partial charge in [0.1, 0.15) is 5.76 Å². The lowest BCUT2D eigenvalue weighted by Gasteiger charge is -2.26. The summed E-state index contributed by atoms with van der Waals surface area (Å²) >= 11 is 0. The van der Waals surface area contributed by atoms with Crippen LogP contribution in [0.25, 0.3) is 0 Å². The van der Waals surface area contributed by atoms with E-state index in [-0.39, 0.29) is 5.54 Å². The highest BCUT2D eigenvalue weighted by Gasteiger charge is 2.27. The fourth-order valence-electron chi connectivity index (χ4n) is 2.60. The quantitative estimate of drug-likeness (QED) is 0.884. The van der Waals surface area contributed by atoms with E-state index in [0.29, 0.717) is 12.1 Å². The molecule has 1 aromatic heterocycles. The molecule has 2 aromatic rings. The molecule has 0 bridgehead atoms. The highest BCUT2D eigenvalue weighted by Crippen LogP contribution is 2.27. The second-order valence-electron chi connectivity index (χ2n) is 5.68. The Bertz CT molecular complexity index is 640. The summed E-state index contributed by atoms with van der Waals surface area (Å²) in [5.41, 5.74) is 2.81. The minimum absolute atomic E-state index is 0.296. The van der Waals surface area contributed by atoms with Crippen LogP contribution < -0.4 is 5.32 Å². The molecule has 0 fully saturated rings. The van der Waals surface area contributed by atoms with Crippen LogP contribution in [0.2, 0.25) is 0 Å². The number of nitrogens with zero attached hydrogens (tertiary/aromatic N) is 1. The van der Waals surface area contributed by atoms with E-state index in [4.69, 9.17) is 9.63 Å². The van der Waals surface area contributed by atoms with Crippen LogP contribution in [0.5, 0.6) is 0 Å². The Morgan fingerprint density at radius 1 is 1.38 bits per heavy atom. The molecule has 0 amide bonds. The van der Waals surface area contributed by atoms with Crippen molar-refractivity contribution >= 4 is 5.97 Å². The maximum atomic E-state index is 11.0. The second-order valence-corrected chi connectivity index (χ2v) is 5.68. The summed E-state index contributed by atoms with van der Waals surface area (Å²) in [6, 6.07) is 6.93. The molecule has 2 rings (SSSR count). The van der Waals surface area contributed by atoms with Crippen molar-refractivity contribution in [3.8, 4) is 0 Å². The Balaban J connectivity index is 2.15. The maximum Gasteiger partial charge on any atom is 0.335 e. The number of aromatic nitrogens is 1. The van der Waals surface area contributed by atoms with Crippen LogP contribution in [-0.4, -0.2) is 16.2 Å². The van der Waals surface area contributed by atoms with E-state index in [1.54, 1.807) is 18.2 Å². The number of aromatic carboxylic acids is 1. The largest absolute Gasteiger partial charge is 0.478 e. The summed E-state index contributed by atoms with van der Waals surface area (Å²) in [6.45, 7) is 8.49. The number of aryl methyl sites for hydroxylation is 2. The molecule has 2 N–H and O–H groups in total. The number of hydrogen-bond acceptors (Lipinski definition) is 4. The number of benzene rings is 1. The molecule has 0 aliphatic rings. The van der Waals surface area contributed by atoms with Crippen molar-refractivity contribution in [1.29, 1.82) is 0 Å². The van der Waals surface area contributed by atoms with Crippen LogP contribution in [0.3, 0.4) is 0 Å². The predicted molar refractivity (Wildman–Crippen MR) is 79.2 cm³/mol. The fourth-order valence-corrected chi connectivity index (χ4v) is 2.60. The van der Waals surface area contributed by atoms with Crippen molar-refractivity contribution in [2.75, 3.05) is 0 Å². The van der Waals surface area contributed by atoms with Crippen LogP contribution in [0.15, 0.2) is 28.8 Å². The molecule has 0 spiro atoms. The average molecular weight is 288 g/mol. The molecule has 0 aliphatic carbocycles. The number of carboxylic acid groups (broad SMARTS) is 1. The third-order valence-corrected chi connectivity index (χ3v) is 3.57. The Kier molecular flexibility index (Phi) is 4.14. The number of rotatable bonds is 5. The molecular formula is C16H20N2O3. The first kappa shape index (κ1) is 15.3. The molecule has 5 nitrogen and oxygen atoms in total. The Morgan fingerprint density at radius 2 is 2.10 bits per heavy atom. The van der Waals surface area contributed by atoms with Crippen molar-refractivity contribution in [1.82, 2.24) is 10.5 Å². The topological polar surface area (TPSA) is 75.4 Å². The summed E-state index contributed by atoms with van der Waals surface area (Å²) in [5.74, 6) is -0.119. The molecule has 0 aliphatic heterocycles. The summed E-state index contributed by atoms with van der Waals surface area (Å²) in [7, 11) is 0. The molecule has 1 aromatic carbocycles. The van der Waals surface area contributed by atoms with Gasteiger partial charge in [-0.25, -0.2) is 4.79 Å². The van der Waals surface area contributed by atoms with Crippen molar-refractivity contribution in [2.24, 2.45) is 0 Å². The SMILES string of the molecule is Cc1noc(C)c1C(C)(C)NCc1cccc(C(=O)O)c1. The zero-order valence-electron chi connectivity index (χ0n) is 12.7. The van der Waals surface area contributed by atoms with Crippen LogP contribution in [0.1, 0.15) is 46.8 Å². The van der Waals surface area contributed by atoms with E-state index >= 15 is 0 Å². The van der Waals surface area contributed by atoms with Crippen molar-refractivity contribution in [3.63, 3.8) is 0 Å². The van der Waals surface area contributed by atoms with Gasteiger partial charge in [0.25, 0.3) is 0 Å². The monoisotopic (exact) mass is 288 g/mol. The predicted octanol–water partition coefficient (Wildman–Crippen LogP) is 3.01. The summed E-state index contributed by atoms with van der Waals surface area (Å²) in [4.78, 5) is 11.0. The highest BCUT2D eigenvalue weighted by molar-refractivity contribution is 5.87. The van der Waals surface area contributed by atoms with Gasteiger partial charge in [-0.2, -0.15) is 0 Å². The van der Waals surface area contributed by atoms with Crippen molar-refractivity contribution < 1.29 is 14.4 Å². The van der Waals surface area contributed by atoms with E-state index < -0.39 is 5.97 Å². The standard InChI is InChI=1S/C16H20N2O3/c1-10-14(11(2)21-18-10)16(3,4)17-9-12-6-5-7-13(8-12)15(19)20/h5-8,17H,9H2,1-4H3,(H,19,20). The lowest BCUT2D eigenvalue weighted by atomic mass is 9.92. The van der Waals surface area contributed by atoms with Crippen molar-refractivity contribution in [3.05, 3.63) is 52.4 Å². The number of hydrogen-bond donors (Lipinski definition) is 2. The molecule has 21 heavy (non-hydrogen) atoms. The lowest BCUT2D eigenvalue weighted by molar-refractivity contribution is 0.0696. The minimum atomic E-state index is -0.915. The Labute approximate surface area is 124 Å². The second kappa shape index (κ2) is 5.69. The number of carboxylic acids is 1. The highest BCUT2D eigenvalue weighted by atomic mass is 16.5. The first-order chi connectivity index (χ1) is 9.81. The summed E-state index contributed by atoms with van der Waals surface area (Å²) in [5, 5.41) is 16.4. The zero-order chi connectivity index (χ0) is 15.6. The van der Waals surface area contributed by atoms with Crippen LogP contribution >= 0.6 is 0 Å². The van der Waals surface area contributed by atoms with Gasteiger partial charge in [-0.1, -0.05) is 17.3 Å². The van der Waals surface area contributed by atoms with Gasteiger partial charge in [-0.05, 0) is 45.4 Å². The molecule has 5 heteroatoms. The van der Waals surface area contributed by atoms with Gasteiger partial charge in [0.15, 0.2) is 0 Å². The van der Waals surface area contributed by atoms with Crippen LogP contribution in [0.4, 0.5) is 0 Å². The molecule has 112 valence electrons. The zero-order valence-corrected chi connectivity index (χ0v) is 12.7. The third-order valence-electron chi connectivity index (χ3n) is 3.57. The van der Waals surface area contributed by atoms with Gasteiger partial charge in [0, 0.05) is 17.6 Å². The van der Waals surface area contributed by atoms with Gasteiger partial charge in [-0.3, -0.25) is 0 Å². The van der Waals surface area contributed by atoms with Gasteiger partial charge in [0.05, 0.1) is 11.3 Å². The van der Waals surface area contributed by atoms with E-state index in [1.807, 2.05) is 19.9 Å². The van der Waals surface area contributed by atoms with Gasteiger partial charge in [-0.15, -0.1) is 0 Å². The lowest BCUT2D eigenvalue weighted by Crippen LogP contribution is -2.36. The van der Waals surface area contributed by atoms with Gasteiger partial charge >= 0.3 is 5.97 Å². The smallest absolute Gasteiger partial charge is 0.335 e. The van der Waals surface area contributed by atoms with Crippen LogP contribution in [-0.2, 0) is 12.1 Å². The number of nitrogens with one attached hydrogen (secondary N) is 1. The van der Waals surface area contributed by atoms with Crippen molar-refractivity contribution in [2.45, 2.75) is 39.8 Å². The van der Waals surface area contributed by atoms with E-state index in [2.05, 4.69) is 24.3 Å². The third kappa shape index (κ3) is 3.31. The average Bonchev–Trinajstić information content (AvgIpc) is 2.77. The summed E-state index contributed by atoms with van der Waals surface area (Å²) in [6.07, 6.45) is 0. The first-order valence-electron chi connectivity index (χ1n) is 6.82. The normalized spacial score (nSPS) is 11.6. The molecular weight excluding hydrogens is 268 g/mol. The summed E-state index contributed by atoms with van der Waals surface area (Å²) < 4.78 is 5.22. The van der Waals surface area contributed by atoms with Gasteiger partial charge < -0.3 is 14.9 Å². The minimum Gasteiger partial charge on any atom is -0.478 e. The molecule has 0 unspecified atom stereocenters. The van der Waals surface area contributed by atoms with E-state index in [0.717, 1.165) is 22.6 Å². The number of carbonyl (C=O) groups is 1. The molecule has 0 saturated heterocycles. The maximum absolute atomic E-state index is 11.0. The van der Waals surface area contributed by atoms with Gasteiger partial charge in [0.2, 0.25) is 0 Å². The molecule has 0 radical (unpaired) electrons. The fraction of sp³-hybridized carbons (Fsp3) is 0.375. The molecule has 0 atom stereocenters. The van der Waals surface area contributed by atoms with Crippen LogP contribution in [0, 0.1) is 13.8 Å². The van der Waals surface area contributed by atoms with E-state index in [9.17, 15) is 4.79 Å². The Hall–Kier alpha value is -2.14. The molecule has 0 saturated carbocycles. The van der Waals surface area contributed by atoms with E-state index in [1.165, 1.54) is 0 Å².